The molecule has 2 unspecified atom stereocenters. The van der Waals surface area contributed by atoms with Crippen molar-refractivity contribution in [3.05, 3.63) is 60.8 Å². The Morgan fingerprint density at radius 2 is 1.06 bits per heavy atom. The third kappa shape index (κ3) is 34.5. The summed E-state index contributed by atoms with van der Waals surface area (Å²) in [6, 6.07) is -0.736. The number of aliphatic carboxylic acids is 1. The summed E-state index contributed by atoms with van der Waals surface area (Å²) in [4.78, 5) is 36.7. The summed E-state index contributed by atoms with van der Waals surface area (Å²) in [5, 5.41) is 11.6. The summed E-state index contributed by atoms with van der Waals surface area (Å²) in [6.45, 7) is 4.46. The quantitative estimate of drug-likeness (QED) is 0.0273. The standard InChI is InChI=1S/C45H77NO7/c1-6-8-10-12-14-16-18-20-22-24-26-28-30-32-34-36-44(48)53-41(39-51-38-37-42(45(49)50)46(3,4)5)40-52-43(47)35-33-31-29-27-25-23-21-19-17-15-13-11-9-7-2/h8,10,14,16,19-22,26,28,41-42H,6-7,9,11-13,15,17-18,23-25,27,29-40H2,1-5H3/b10-8-,16-14-,21-19-,22-20-,28-26-. The van der Waals surface area contributed by atoms with Gasteiger partial charge in [-0.3, -0.25) is 9.59 Å². The summed E-state index contributed by atoms with van der Waals surface area (Å²) in [5.74, 6) is -1.81. The van der Waals surface area contributed by atoms with Gasteiger partial charge in [-0.15, -0.1) is 0 Å². The Morgan fingerprint density at radius 3 is 1.62 bits per heavy atom. The molecule has 0 saturated heterocycles. The number of unbranched alkanes of at least 4 members (excludes halogenated alkanes) is 12. The Morgan fingerprint density at radius 1 is 0.585 bits per heavy atom. The van der Waals surface area contributed by atoms with Gasteiger partial charge in [0.05, 0.1) is 40.3 Å². The maximum Gasteiger partial charge on any atom is 0.306 e. The second-order valence-corrected chi connectivity index (χ2v) is 14.8. The largest absolute Gasteiger partial charge is 0.544 e. The molecule has 0 aliphatic carbocycles. The van der Waals surface area contributed by atoms with Crippen LogP contribution >= 0.6 is 0 Å². The molecular formula is C45H77NO7. The molecule has 0 aromatic heterocycles. The van der Waals surface area contributed by atoms with Crippen LogP contribution in [0, 0.1) is 0 Å². The number of allylic oxidation sites excluding steroid dienone is 10. The molecule has 0 fully saturated rings. The van der Waals surface area contributed by atoms with Crippen LogP contribution in [-0.2, 0) is 28.6 Å². The van der Waals surface area contributed by atoms with Crippen molar-refractivity contribution < 1.29 is 38.2 Å². The number of nitrogens with zero attached hydrogens (tertiary/aromatic N) is 1. The van der Waals surface area contributed by atoms with E-state index in [-0.39, 0.29) is 49.1 Å². The van der Waals surface area contributed by atoms with Gasteiger partial charge in [-0.1, -0.05) is 120 Å². The summed E-state index contributed by atoms with van der Waals surface area (Å²) in [7, 11) is 5.38. The molecule has 0 bridgehead atoms. The van der Waals surface area contributed by atoms with Gasteiger partial charge in [0, 0.05) is 19.3 Å². The number of carboxylic acids is 1. The Hall–Kier alpha value is -2.97. The minimum absolute atomic E-state index is 0.0190. The molecule has 0 spiro atoms. The van der Waals surface area contributed by atoms with E-state index in [1.54, 1.807) is 21.1 Å². The summed E-state index contributed by atoms with van der Waals surface area (Å²) >= 11 is 0. The number of carbonyl (C=O) groups excluding carboxylic acids is 3. The molecule has 0 aliphatic rings. The lowest BCUT2D eigenvalue weighted by Crippen LogP contribution is -2.55. The van der Waals surface area contributed by atoms with Gasteiger partial charge in [0.2, 0.25) is 0 Å². The van der Waals surface area contributed by atoms with Crippen molar-refractivity contribution in [2.24, 2.45) is 0 Å². The predicted molar refractivity (Wildman–Crippen MR) is 217 cm³/mol. The van der Waals surface area contributed by atoms with Crippen LogP contribution < -0.4 is 5.11 Å². The van der Waals surface area contributed by atoms with Crippen LogP contribution in [0.25, 0.3) is 0 Å². The topological polar surface area (TPSA) is 102 Å². The molecule has 0 amide bonds. The SMILES string of the molecule is CC/C=C\C/C=C\C/C=C\C/C=C\CCCCC(=O)OC(COCCC(C(=O)[O-])[N+](C)(C)C)COC(=O)CCCCCCC/C=C\CCCCCCC. The van der Waals surface area contributed by atoms with E-state index in [1.165, 1.54) is 44.9 Å². The molecule has 0 aromatic rings. The fraction of sp³-hybridized carbons (Fsp3) is 0.711. The van der Waals surface area contributed by atoms with Crippen molar-refractivity contribution in [1.82, 2.24) is 0 Å². The smallest absolute Gasteiger partial charge is 0.306 e. The molecule has 0 rings (SSSR count). The van der Waals surface area contributed by atoms with Crippen LogP contribution in [0.5, 0.6) is 0 Å². The number of carbonyl (C=O) groups is 3. The van der Waals surface area contributed by atoms with Gasteiger partial charge in [0.1, 0.15) is 12.6 Å². The van der Waals surface area contributed by atoms with Gasteiger partial charge in [-0.2, -0.15) is 0 Å². The van der Waals surface area contributed by atoms with Gasteiger partial charge in [0.15, 0.2) is 6.10 Å². The lowest BCUT2D eigenvalue weighted by Gasteiger charge is -2.34. The lowest BCUT2D eigenvalue weighted by molar-refractivity contribution is -0.889. The third-order valence-corrected chi connectivity index (χ3v) is 8.89. The Kier molecular flexibility index (Phi) is 34.0. The maximum absolute atomic E-state index is 12.7. The van der Waals surface area contributed by atoms with Crippen LogP contribution in [0.3, 0.4) is 0 Å². The van der Waals surface area contributed by atoms with Gasteiger partial charge in [-0.05, 0) is 77.0 Å². The second-order valence-electron chi connectivity index (χ2n) is 14.8. The highest BCUT2D eigenvalue weighted by Gasteiger charge is 2.25. The van der Waals surface area contributed by atoms with Gasteiger partial charge in [-0.25, -0.2) is 0 Å². The fourth-order valence-electron chi connectivity index (χ4n) is 5.64. The summed E-state index contributed by atoms with van der Waals surface area (Å²) < 4.78 is 17.1. The number of carboxylic acid groups (broad SMARTS) is 1. The number of likely N-dealkylation sites (N-methyl/N-ethyl adjacent to an activating group) is 1. The van der Waals surface area contributed by atoms with Crippen LogP contribution in [0.4, 0.5) is 0 Å². The zero-order valence-electron chi connectivity index (χ0n) is 34.4. The monoisotopic (exact) mass is 744 g/mol. The molecule has 0 radical (unpaired) electrons. The number of esters is 2. The third-order valence-electron chi connectivity index (χ3n) is 8.89. The first kappa shape index (κ1) is 50.0. The molecule has 2 atom stereocenters. The predicted octanol–water partition coefficient (Wildman–Crippen LogP) is 9.69. The molecule has 53 heavy (non-hydrogen) atoms. The van der Waals surface area contributed by atoms with Crippen LogP contribution in [0.15, 0.2) is 60.8 Å². The number of rotatable bonds is 36. The van der Waals surface area contributed by atoms with Gasteiger partial charge in [0.25, 0.3) is 0 Å². The van der Waals surface area contributed by atoms with Crippen molar-refractivity contribution in [1.29, 1.82) is 0 Å². The second kappa shape index (κ2) is 36.0. The minimum Gasteiger partial charge on any atom is -0.544 e. The molecular weight excluding hydrogens is 666 g/mol. The molecule has 304 valence electrons. The number of quaternary nitrogens is 1. The summed E-state index contributed by atoms with van der Waals surface area (Å²) in [5.41, 5.74) is 0. The fourth-order valence-corrected chi connectivity index (χ4v) is 5.64. The zero-order chi connectivity index (χ0) is 39.3. The normalized spacial score (nSPS) is 13.6. The first-order chi connectivity index (χ1) is 25.6. The van der Waals surface area contributed by atoms with E-state index < -0.39 is 18.1 Å². The molecule has 0 N–H and O–H groups in total. The molecule has 8 nitrogen and oxygen atoms in total. The van der Waals surface area contributed by atoms with E-state index in [2.05, 4.69) is 74.6 Å². The average Bonchev–Trinajstić information content (AvgIpc) is 3.11. The van der Waals surface area contributed by atoms with Crippen molar-refractivity contribution in [3.8, 4) is 0 Å². The maximum atomic E-state index is 12.7. The first-order valence-corrected chi connectivity index (χ1v) is 20.8. The van der Waals surface area contributed by atoms with Crippen molar-refractivity contribution in [2.75, 3.05) is 41.0 Å². The number of ether oxygens (including phenoxy) is 3. The van der Waals surface area contributed by atoms with Crippen LogP contribution in [-0.4, -0.2) is 75.5 Å². The first-order valence-electron chi connectivity index (χ1n) is 20.8. The molecule has 0 saturated carbocycles. The molecule has 0 aromatic carbocycles. The Bertz CT molecular complexity index is 1050. The average molecular weight is 744 g/mol. The van der Waals surface area contributed by atoms with Crippen LogP contribution in [0.1, 0.15) is 155 Å². The molecule has 0 heterocycles. The highest BCUT2D eigenvalue weighted by molar-refractivity contribution is 5.70. The van der Waals surface area contributed by atoms with Crippen molar-refractivity contribution in [2.45, 2.75) is 167 Å². The molecule has 0 aliphatic heterocycles. The minimum atomic E-state index is -1.14. The molecule has 8 heteroatoms. The van der Waals surface area contributed by atoms with E-state index in [9.17, 15) is 19.5 Å². The van der Waals surface area contributed by atoms with E-state index in [0.717, 1.165) is 70.6 Å². The zero-order valence-corrected chi connectivity index (χ0v) is 34.4. The van der Waals surface area contributed by atoms with E-state index >= 15 is 0 Å². The van der Waals surface area contributed by atoms with Gasteiger partial charge >= 0.3 is 11.9 Å². The van der Waals surface area contributed by atoms with Gasteiger partial charge < -0.3 is 28.6 Å². The number of hydrogen-bond donors (Lipinski definition) is 0. The highest BCUT2D eigenvalue weighted by atomic mass is 16.6. The number of hydrogen-bond acceptors (Lipinski definition) is 7. The van der Waals surface area contributed by atoms with Crippen LogP contribution in [0.2, 0.25) is 0 Å². The Labute approximate surface area is 324 Å². The van der Waals surface area contributed by atoms with Crippen molar-refractivity contribution in [3.63, 3.8) is 0 Å². The Balaban J connectivity index is 4.48. The van der Waals surface area contributed by atoms with E-state index in [1.807, 2.05) is 0 Å². The summed E-state index contributed by atoms with van der Waals surface area (Å²) in [6.07, 6.45) is 42.4. The van der Waals surface area contributed by atoms with E-state index in [0.29, 0.717) is 12.8 Å². The highest BCUT2D eigenvalue weighted by Crippen LogP contribution is 2.12. The lowest BCUT2D eigenvalue weighted by atomic mass is 10.1. The van der Waals surface area contributed by atoms with Crippen molar-refractivity contribution >= 4 is 17.9 Å². The van der Waals surface area contributed by atoms with E-state index in [4.69, 9.17) is 14.2 Å².